The van der Waals surface area contributed by atoms with E-state index in [1.54, 1.807) is 0 Å². The maximum atomic E-state index is 2.29. The molecule has 202 valence electrons. The van der Waals surface area contributed by atoms with Crippen LogP contribution in [0.4, 0.5) is 0 Å². The third-order valence-electron chi connectivity index (χ3n) is 7.76. The SMILES string of the molecule is CCC[B-](c1ccccc1)(c1ccccc1)c1ccccc1.c1ccc([S+](c2ccccc2)c2ccccc2)cc1. The molecule has 0 aliphatic heterocycles. The Hall–Kier alpha value is -4.27. The molecule has 2 heteroatoms. The maximum absolute atomic E-state index is 2.29. The average molecular weight is 549 g/mol. The first kappa shape index (κ1) is 28.3. The standard InChI is InChI=1S/C21H22B.C18H15S/c1-2-18-22(19-12-6-3-7-13-19,20-14-8-4-9-15-20)21-16-10-5-11-17-21;1-4-10-16(11-5-1)19(17-12-6-2-7-13-17)18-14-8-3-9-15-18/h3-17H,2,18H2,1H3;1-15H/q-1;+1. The summed E-state index contributed by atoms with van der Waals surface area (Å²) in [5, 5.41) is 0. The third kappa shape index (κ3) is 6.73. The van der Waals surface area contributed by atoms with Crippen molar-refractivity contribution in [3.8, 4) is 0 Å². The van der Waals surface area contributed by atoms with Crippen LogP contribution < -0.4 is 16.4 Å². The Kier molecular flexibility index (Phi) is 9.92. The second-order valence-electron chi connectivity index (χ2n) is 10.3. The molecule has 0 bridgehead atoms. The summed E-state index contributed by atoms with van der Waals surface area (Å²) in [5.74, 6) is 0. The maximum Gasteiger partial charge on any atom is 0.166 e. The van der Waals surface area contributed by atoms with E-state index >= 15 is 0 Å². The van der Waals surface area contributed by atoms with Crippen LogP contribution >= 0.6 is 0 Å². The van der Waals surface area contributed by atoms with Crippen molar-refractivity contribution in [3.63, 3.8) is 0 Å². The summed E-state index contributed by atoms with van der Waals surface area (Å²) in [6.45, 7) is 2.28. The molecular formula is C39H37BS. The second-order valence-corrected chi connectivity index (χ2v) is 12.3. The van der Waals surface area contributed by atoms with Gasteiger partial charge in [-0.25, -0.2) is 0 Å². The monoisotopic (exact) mass is 548 g/mol. The Morgan fingerprint density at radius 2 is 0.610 bits per heavy atom. The van der Waals surface area contributed by atoms with Crippen molar-refractivity contribution in [2.75, 3.05) is 0 Å². The Bertz CT molecular complexity index is 1370. The van der Waals surface area contributed by atoms with Gasteiger partial charge < -0.3 is 0 Å². The van der Waals surface area contributed by atoms with Gasteiger partial charge in [-0.15, -0.1) is 0 Å². The summed E-state index contributed by atoms with van der Waals surface area (Å²) in [7, 11) is -0.0146. The largest absolute Gasteiger partial charge is 0.200 e. The molecule has 0 atom stereocenters. The Labute approximate surface area is 249 Å². The van der Waals surface area contributed by atoms with E-state index in [0.717, 1.165) is 6.32 Å². The van der Waals surface area contributed by atoms with Crippen LogP contribution in [0.2, 0.25) is 6.32 Å². The van der Waals surface area contributed by atoms with E-state index in [2.05, 4.69) is 189 Å². The summed E-state index contributed by atoms with van der Waals surface area (Å²) in [4.78, 5) is 4.08. The van der Waals surface area contributed by atoms with Crippen LogP contribution in [0.1, 0.15) is 13.3 Å². The van der Waals surface area contributed by atoms with Crippen LogP contribution in [0, 0.1) is 0 Å². The van der Waals surface area contributed by atoms with Crippen LogP contribution in [0.15, 0.2) is 197 Å². The van der Waals surface area contributed by atoms with E-state index in [1.165, 1.54) is 37.5 Å². The molecule has 0 radical (unpaired) electrons. The third-order valence-corrected chi connectivity index (χ3v) is 9.99. The molecule has 0 heterocycles. The van der Waals surface area contributed by atoms with Crippen LogP contribution in [0.5, 0.6) is 0 Å². The van der Waals surface area contributed by atoms with Crippen LogP contribution in [0.3, 0.4) is 0 Å². The van der Waals surface area contributed by atoms with Gasteiger partial charge in [0.1, 0.15) is 0 Å². The molecule has 0 amide bonds. The van der Waals surface area contributed by atoms with E-state index in [4.69, 9.17) is 0 Å². The number of hydrogen-bond acceptors (Lipinski definition) is 0. The molecule has 0 N–H and O–H groups in total. The first-order valence-electron chi connectivity index (χ1n) is 14.6. The van der Waals surface area contributed by atoms with E-state index < -0.39 is 6.15 Å². The average Bonchev–Trinajstić information content (AvgIpc) is 3.07. The molecule has 41 heavy (non-hydrogen) atoms. The molecule has 0 unspecified atom stereocenters. The lowest BCUT2D eigenvalue weighted by Gasteiger charge is -2.43. The van der Waals surface area contributed by atoms with E-state index in [-0.39, 0.29) is 10.9 Å². The highest BCUT2D eigenvalue weighted by Crippen LogP contribution is 2.30. The molecule has 0 saturated heterocycles. The smallest absolute Gasteiger partial charge is 0.166 e. The van der Waals surface area contributed by atoms with Gasteiger partial charge >= 0.3 is 0 Å². The van der Waals surface area contributed by atoms with Gasteiger partial charge in [0.15, 0.2) is 14.7 Å². The molecule has 0 aliphatic rings. The summed E-state index contributed by atoms with van der Waals surface area (Å²) in [6.07, 6.45) is 1.43. The molecule has 0 fully saturated rings. The minimum absolute atomic E-state index is 0.0146. The summed E-state index contributed by atoms with van der Waals surface area (Å²) < 4.78 is 0. The van der Waals surface area contributed by atoms with Gasteiger partial charge in [0, 0.05) is 0 Å². The Morgan fingerprint density at radius 1 is 0.366 bits per heavy atom. The van der Waals surface area contributed by atoms with Gasteiger partial charge in [-0.3, -0.25) is 0 Å². The zero-order valence-corrected chi connectivity index (χ0v) is 24.5. The minimum Gasteiger partial charge on any atom is -0.200 e. The number of benzene rings is 6. The van der Waals surface area contributed by atoms with Gasteiger partial charge in [0.05, 0.1) is 17.0 Å². The summed E-state index contributed by atoms with van der Waals surface area (Å²) >= 11 is 0. The van der Waals surface area contributed by atoms with Gasteiger partial charge in [-0.2, -0.15) is 22.7 Å². The first-order valence-corrected chi connectivity index (χ1v) is 15.8. The quantitative estimate of drug-likeness (QED) is 0.132. The zero-order chi connectivity index (χ0) is 28.2. The topological polar surface area (TPSA) is 0 Å². The molecule has 0 saturated carbocycles. The van der Waals surface area contributed by atoms with Crippen molar-refractivity contribution < 1.29 is 0 Å². The predicted molar refractivity (Wildman–Crippen MR) is 181 cm³/mol. The van der Waals surface area contributed by atoms with E-state index in [1.807, 2.05) is 0 Å². The van der Waals surface area contributed by atoms with Gasteiger partial charge in [0.25, 0.3) is 0 Å². The Morgan fingerprint density at radius 3 is 0.854 bits per heavy atom. The molecular weight excluding hydrogens is 511 g/mol. The van der Waals surface area contributed by atoms with Crippen molar-refractivity contribution in [1.82, 2.24) is 0 Å². The molecule has 6 aromatic carbocycles. The van der Waals surface area contributed by atoms with Crippen molar-refractivity contribution in [2.45, 2.75) is 34.4 Å². The molecule has 0 spiro atoms. The molecule has 0 nitrogen and oxygen atoms in total. The summed E-state index contributed by atoms with van der Waals surface area (Å²) in [5.41, 5.74) is 4.30. The highest BCUT2D eigenvalue weighted by Gasteiger charge is 2.29. The number of rotatable bonds is 8. The molecule has 0 aliphatic carbocycles. The van der Waals surface area contributed by atoms with Crippen LogP contribution in [0.25, 0.3) is 0 Å². The fraction of sp³-hybridized carbons (Fsp3) is 0.0769. The van der Waals surface area contributed by atoms with Crippen LogP contribution in [-0.4, -0.2) is 6.15 Å². The predicted octanol–water partition coefficient (Wildman–Crippen LogP) is 8.35. The van der Waals surface area contributed by atoms with E-state index in [9.17, 15) is 0 Å². The fourth-order valence-electron chi connectivity index (χ4n) is 5.93. The van der Waals surface area contributed by atoms with E-state index in [0.29, 0.717) is 0 Å². The van der Waals surface area contributed by atoms with Crippen molar-refractivity contribution in [1.29, 1.82) is 0 Å². The molecule has 6 rings (SSSR count). The Balaban J connectivity index is 0.000000166. The normalized spacial score (nSPS) is 11.0. The van der Waals surface area contributed by atoms with Gasteiger partial charge in [-0.1, -0.05) is 159 Å². The zero-order valence-electron chi connectivity index (χ0n) is 23.7. The second kappa shape index (κ2) is 14.4. The highest BCUT2D eigenvalue weighted by molar-refractivity contribution is 7.97. The van der Waals surface area contributed by atoms with Crippen LogP contribution in [-0.2, 0) is 10.9 Å². The lowest BCUT2D eigenvalue weighted by atomic mass is 9.14. The highest BCUT2D eigenvalue weighted by atomic mass is 32.2. The minimum atomic E-state index is -0.905. The first-order chi connectivity index (χ1) is 20.3. The molecule has 6 aromatic rings. The lowest BCUT2D eigenvalue weighted by Crippen LogP contribution is -2.66. The lowest BCUT2D eigenvalue weighted by molar-refractivity contribution is 1.06. The number of hydrogen-bond donors (Lipinski definition) is 0. The molecule has 0 aromatic heterocycles. The summed E-state index contributed by atoms with van der Waals surface area (Å²) in [6, 6.07) is 65.1. The fourth-order valence-corrected chi connectivity index (χ4v) is 8.04. The van der Waals surface area contributed by atoms with Crippen molar-refractivity contribution >= 4 is 33.4 Å². The van der Waals surface area contributed by atoms with Crippen molar-refractivity contribution in [2.24, 2.45) is 0 Å². The van der Waals surface area contributed by atoms with Gasteiger partial charge in [0.2, 0.25) is 0 Å². The van der Waals surface area contributed by atoms with Gasteiger partial charge in [-0.05, 0) is 36.4 Å². The van der Waals surface area contributed by atoms with Crippen molar-refractivity contribution in [3.05, 3.63) is 182 Å².